The molecule has 4 nitrogen and oxygen atoms in total. The molecular formula is C32H40O4Si. The summed E-state index contributed by atoms with van der Waals surface area (Å²) in [5.74, 6) is 0. The van der Waals surface area contributed by atoms with Crippen LogP contribution >= 0.6 is 0 Å². The highest BCUT2D eigenvalue weighted by molar-refractivity contribution is 6.99. The van der Waals surface area contributed by atoms with Crippen molar-refractivity contribution in [1.29, 1.82) is 0 Å². The fourth-order valence-electron chi connectivity index (χ4n) is 4.68. The first-order valence-corrected chi connectivity index (χ1v) is 14.7. The van der Waals surface area contributed by atoms with Gasteiger partial charge in [-0.15, -0.1) is 0 Å². The molecule has 0 unspecified atom stereocenters. The number of hydrogen-bond donors (Lipinski definition) is 1. The summed E-state index contributed by atoms with van der Waals surface area (Å²) >= 11 is 0. The van der Waals surface area contributed by atoms with Gasteiger partial charge >= 0.3 is 0 Å². The fraction of sp³-hybridized carbons (Fsp3) is 0.312. The van der Waals surface area contributed by atoms with Crippen LogP contribution in [0, 0.1) is 0 Å². The van der Waals surface area contributed by atoms with E-state index in [0.29, 0.717) is 6.42 Å². The van der Waals surface area contributed by atoms with E-state index in [4.69, 9.17) is 13.9 Å². The molecule has 0 aliphatic carbocycles. The van der Waals surface area contributed by atoms with Crippen LogP contribution in [0.4, 0.5) is 0 Å². The van der Waals surface area contributed by atoms with Gasteiger partial charge in [0, 0.05) is 7.11 Å². The summed E-state index contributed by atoms with van der Waals surface area (Å²) in [5.41, 5.74) is 1.09. The monoisotopic (exact) mass is 516 g/mol. The summed E-state index contributed by atoms with van der Waals surface area (Å²) in [7, 11) is -1.21. The zero-order valence-electron chi connectivity index (χ0n) is 22.4. The van der Waals surface area contributed by atoms with Crippen molar-refractivity contribution in [2.24, 2.45) is 0 Å². The van der Waals surface area contributed by atoms with Crippen molar-refractivity contribution in [1.82, 2.24) is 0 Å². The van der Waals surface area contributed by atoms with Crippen LogP contribution in [0.15, 0.2) is 109 Å². The van der Waals surface area contributed by atoms with Crippen molar-refractivity contribution in [3.63, 3.8) is 0 Å². The van der Waals surface area contributed by atoms with Gasteiger partial charge in [0.1, 0.15) is 12.9 Å². The summed E-state index contributed by atoms with van der Waals surface area (Å²) in [6, 6.07) is 31.4. The van der Waals surface area contributed by atoms with Gasteiger partial charge in [-0.3, -0.25) is 0 Å². The minimum atomic E-state index is -2.83. The van der Waals surface area contributed by atoms with E-state index in [9.17, 15) is 5.11 Å². The van der Waals surface area contributed by atoms with Gasteiger partial charge in [-0.25, -0.2) is 0 Å². The molecule has 0 aliphatic heterocycles. The molecule has 0 radical (unpaired) electrons. The summed E-state index contributed by atoms with van der Waals surface area (Å²) < 4.78 is 19.0. The van der Waals surface area contributed by atoms with Crippen molar-refractivity contribution in [3.05, 3.63) is 115 Å². The van der Waals surface area contributed by atoms with Gasteiger partial charge < -0.3 is 19.0 Å². The topological polar surface area (TPSA) is 47.9 Å². The van der Waals surface area contributed by atoms with Crippen LogP contribution in [0.25, 0.3) is 6.08 Å². The third kappa shape index (κ3) is 7.60. The molecule has 0 bridgehead atoms. The van der Waals surface area contributed by atoms with Crippen LogP contribution in [0.5, 0.6) is 0 Å². The molecule has 0 amide bonds. The Morgan fingerprint density at radius 1 is 0.811 bits per heavy atom. The zero-order valence-corrected chi connectivity index (χ0v) is 23.4. The summed E-state index contributed by atoms with van der Waals surface area (Å²) in [6.45, 7) is 6.93. The highest BCUT2D eigenvalue weighted by Gasteiger charge is 2.52. The van der Waals surface area contributed by atoms with Gasteiger partial charge in [0.2, 0.25) is 0 Å². The minimum Gasteiger partial charge on any atom is -0.401 e. The lowest BCUT2D eigenvalue weighted by atomic mass is 10.1. The zero-order chi connectivity index (χ0) is 26.6. The highest BCUT2D eigenvalue weighted by atomic mass is 28.4. The molecule has 0 aliphatic rings. The maximum atomic E-state index is 9.44. The average molecular weight is 517 g/mol. The van der Waals surface area contributed by atoms with Gasteiger partial charge in [-0.1, -0.05) is 136 Å². The molecule has 0 aromatic heterocycles. The lowest BCUT2D eigenvalue weighted by Crippen LogP contribution is -2.68. The van der Waals surface area contributed by atoms with E-state index in [-0.39, 0.29) is 30.6 Å². The Morgan fingerprint density at radius 2 is 1.35 bits per heavy atom. The van der Waals surface area contributed by atoms with E-state index in [1.54, 1.807) is 13.2 Å². The molecule has 1 N–H and O–H groups in total. The van der Waals surface area contributed by atoms with E-state index in [1.807, 2.05) is 36.4 Å². The predicted octanol–water partition coefficient (Wildman–Crippen LogP) is 5.57. The van der Waals surface area contributed by atoms with Crippen LogP contribution in [0.3, 0.4) is 0 Å². The van der Waals surface area contributed by atoms with Crippen LogP contribution in [0.2, 0.25) is 5.04 Å². The molecule has 2 atom stereocenters. The molecule has 0 fully saturated rings. The van der Waals surface area contributed by atoms with Gasteiger partial charge in [0.05, 0.1) is 12.7 Å². The van der Waals surface area contributed by atoms with Crippen molar-refractivity contribution in [3.8, 4) is 0 Å². The molecule has 37 heavy (non-hydrogen) atoms. The van der Waals surface area contributed by atoms with Gasteiger partial charge in [0.25, 0.3) is 8.32 Å². The van der Waals surface area contributed by atoms with Crippen molar-refractivity contribution < 1.29 is 19.0 Å². The molecule has 3 rings (SSSR count). The second kappa shape index (κ2) is 14.2. The van der Waals surface area contributed by atoms with Crippen molar-refractivity contribution in [2.75, 3.05) is 20.5 Å². The Hall–Kier alpha value is -2.80. The van der Waals surface area contributed by atoms with Crippen molar-refractivity contribution >= 4 is 24.8 Å². The third-order valence-electron chi connectivity index (χ3n) is 6.41. The van der Waals surface area contributed by atoms with Crippen LogP contribution in [0.1, 0.15) is 32.8 Å². The van der Waals surface area contributed by atoms with Gasteiger partial charge in [0.15, 0.2) is 0 Å². The number of hydrogen-bond acceptors (Lipinski definition) is 4. The number of aliphatic hydroxyl groups is 1. The number of methoxy groups -OCH3 is 1. The molecule has 0 heterocycles. The average Bonchev–Trinajstić information content (AvgIpc) is 2.92. The summed E-state index contributed by atoms with van der Waals surface area (Å²) in [4.78, 5) is 0. The van der Waals surface area contributed by atoms with E-state index in [0.717, 1.165) is 5.56 Å². The maximum absolute atomic E-state index is 9.44. The quantitative estimate of drug-likeness (QED) is 0.183. The predicted molar refractivity (Wildman–Crippen MR) is 156 cm³/mol. The molecule has 0 spiro atoms. The molecule has 3 aromatic carbocycles. The minimum absolute atomic E-state index is 0.0185. The largest absolute Gasteiger partial charge is 0.401 e. The molecular weight excluding hydrogens is 476 g/mol. The first-order chi connectivity index (χ1) is 17.9. The smallest absolute Gasteiger partial charge is 0.261 e. The van der Waals surface area contributed by atoms with Crippen LogP contribution in [-0.4, -0.2) is 46.1 Å². The maximum Gasteiger partial charge on any atom is 0.261 e. The number of aliphatic hydroxyl groups excluding tert-OH is 1. The normalized spacial score (nSPS) is 14.3. The second-order valence-corrected chi connectivity index (χ2v) is 14.3. The van der Waals surface area contributed by atoms with Crippen molar-refractivity contribution in [2.45, 2.75) is 44.4 Å². The lowest BCUT2D eigenvalue weighted by Gasteiger charge is -2.46. The Labute approximate surface area is 223 Å². The summed E-state index contributed by atoms with van der Waals surface area (Å²) in [5, 5.41) is 11.7. The first kappa shape index (κ1) is 28.8. The Kier molecular flexibility index (Phi) is 11.1. The van der Waals surface area contributed by atoms with Crippen LogP contribution in [-0.2, 0) is 13.9 Å². The SMILES string of the molecule is COCO[C@@H](/C=C/c1ccccc1)[C@H](C/C=C/CO)O[Si](c1ccccc1)(c1ccccc1)C(C)(C)C. The second-order valence-electron chi connectivity index (χ2n) is 10.0. The van der Waals surface area contributed by atoms with E-state index < -0.39 is 8.32 Å². The van der Waals surface area contributed by atoms with E-state index in [2.05, 4.69) is 93.6 Å². The standard InChI is InChI=1S/C32H40O4Si/c1-32(2,3)37(28-18-10-6-11-19-28,29-20-12-7-13-21-29)36-31(22-14-15-25-33)30(35-26-34-4)24-23-27-16-8-5-9-17-27/h5-21,23-24,30-31,33H,22,25-26H2,1-4H3/b15-14+,24-23+/t30-,31-/m0/s1. The fourth-order valence-corrected chi connectivity index (χ4v) is 9.38. The van der Waals surface area contributed by atoms with Crippen LogP contribution < -0.4 is 10.4 Å². The Balaban J connectivity index is 2.14. The lowest BCUT2D eigenvalue weighted by molar-refractivity contribution is -0.0882. The molecule has 0 saturated carbocycles. The van der Waals surface area contributed by atoms with E-state index >= 15 is 0 Å². The first-order valence-electron chi connectivity index (χ1n) is 12.8. The molecule has 0 saturated heterocycles. The van der Waals surface area contributed by atoms with E-state index in [1.165, 1.54) is 10.4 Å². The number of ether oxygens (including phenoxy) is 2. The highest BCUT2D eigenvalue weighted by Crippen LogP contribution is 2.38. The molecule has 3 aromatic rings. The number of rotatable bonds is 13. The van der Waals surface area contributed by atoms with Gasteiger partial charge in [-0.05, 0) is 27.4 Å². The molecule has 196 valence electrons. The molecule has 5 heteroatoms. The Bertz CT molecular complexity index is 1050. The van der Waals surface area contributed by atoms with Gasteiger partial charge in [-0.2, -0.15) is 0 Å². The number of benzene rings is 3. The third-order valence-corrected chi connectivity index (χ3v) is 11.5. The summed E-state index contributed by atoms with van der Waals surface area (Å²) in [6.07, 6.45) is 7.76. The Morgan fingerprint density at radius 3 is 1.84 bits per heavy atom.